The Hall–Kier alpha value is -2.70. The first-order valence-electron chi connectivity index (χ1n) is 9.17. The number of hydrazine groups is 1. The predicted octanol–water partition coefficient (Wildman–Crippen LogP) is 1.91. The summed E-state index contributed by atoms with van der Waals surface area (Å²) in [5.41, 5.74) is 13.4. The third-order valence-electron chi connectivity index (χ3n) is 4.15. The number of carbonyl (C=O) groups is 2. The molecule has 0 aliphatic rings. The van der Waals surface area contributed by atoms with Crippen LogP contribution in [0.5, 0.6) is 0 Å². The average Bonchev–Trinajstić information content (AvgIpc) is 2.69. The molecule has 0 spiro atoms. The number of hydrogen-bond donors (Lipinski definition) is 4. The van der Waals surface area contributed by atoms with Gasteiger partial charge in [0.2, 0.25) is 0 Å². The minimum absolute atomic E-state index is 0.373. The second-order valence-corrected chi connectivity index (χ2v) is 6.81. The van der Waals surface area contributed by atoms with Crippen molar-refractivity contribution in [3.63, 3.8) is 0 Å². The summed E-state index contributed by atoms with van der Waals surface area (Å²) < 4.78 is 0. The number of carbonyl (C=O) groups excluding carboxylic acids is 2. The van der Waals surface area contributed by atoms with Crippen LogP contribution in [0.1, 0.15) is 41.8 Å². The minimum atomic E-state index is -0.685. The van der Waals surface area contributed by atoms with Crippen molar-refractivity contribution in [1.82, 2.24) is 16.2 Å². The van der Waals surface area contributed by atoms with Crippen LogP contribution in [0.3, 0.4) is 0 Å². The molecule has 0 saturated carbocycles. The average molecular weight is 368 g/mol. The van der Waals surface area contributed by atoms with Gasteiger partial charge < -0.3 is 11.1 Å². The summed E-state index contributed by atoms with van der Waals surface area (Å²) in [6, 6.07) is 16.8. The fourth-order valence-corrected chi connectivity index (χ4v) is 2.48. The number of amides is 2. The molecule has 0 radical (unpaired) electrons. The van der Waals surface area contributed by atoms with Crippen LogP contribution < -0.4 is 21.9 Å². The monoisotopic (exact) mass is 368 g/mol. The quantitative estimate of drug-likeness (QED) is 0.535. The van der Waals surface area contributed by atoms with Crippen LogP contribution in [0, 0.1) is 0 Å². The van der Waals surface area contributed by atoms with Gasteiger partial charge in [-0.1, -0.05) is 56.3 Å². The largest absolute Gasteiger partial charge is 0.320 e. The summed E-state index contributed by atoms with van der Waals surface area (Å²) >= 11 is 0. The zero-order valence-electron chi connectivity index (χ0n) is 15.9. The summed E-state index contributed by atoms with van der Waals surface area (Å²) in [5.74, 6) is -0.779. The van der Waals surface area contributed by atoms with Gasteiger partial charge in [-0.25, -0.2) is 0 Å². The van der Waals surface area contributed by atoms with E-state index < -0.39 is 11.9 Å². The van der Waals surface area contributed by atoms with E-state index in [-0.39, 0.29) is 5.91 Å². The van der Waals surface area contributed by atoms with E-state index in [1.807, 2.05) is 42.5 Å². The molecule has 6 nitrogen and oxygen atoms in total. The molecule has 27 heavy (non-hydrogen) atoms. The summed E-state index contributed by atoms with van der Waals surface area (Å²) in [6.45, 7) is 4.90. The summed E-state index contributed by atoms with van der Waals surface area (Å²) in [7, 11) is 0. The highest BCUT2D eigenvalue weighted by Gasteiger charge is 2.14. The van der Waals surface area contributed by atoms with E-state index in [0.717, 1.165) is 17.7 Å². The fraction of sp³-hybridized carbons (Fsp3) is 0.333. The summed E-state index contributed by atoms with van der Waals surface area (Å²) in [4.78, 5) is 24.2. The van der Waals surface area contributed by atoms with Crippen LogP contribution in [0.15, 0.2) is 54.6 Å². The highest BCUT2D eigenvalue weighted by atomic mass is 16.2. The molecule has 1 atom stereocenters. The molecular formula is C21H28N4O2. The van der Waals surface area contributed by atoms with Crippen LogP contribution in [-0.4, -0.2) is 23.9 Å². The molecule has 2 rings (SSSR count). The molecular weight excluding hydrogens is 340 g/mol. The molecule has 0 aliphatic carbocycles. The number of aryl methyl sites for hydroxylation is 1. The molecule has 6 heteroatoms. The first-order chi connectivity index (χ1) is 13.0. The first-order valence-corrected chi connectivity index (χ1v) is 9.17. The molecule has 2 aromatic rings. The van der Waals surface area contributed by atoms with Gasteiger partial charge in [0.05, 0.1) is 6.04 Å². The van der Waals surface area contributed by atoms with E-state index in [1.54, 1.807) is 12.1 Å². The molecule has 0 aromatic heterocycles. The van der Waals surface area contributed by atoms with Gasteiger partial charge >= 0.3 is 0 Å². The van der Waals surface area contributed by atoms with Crippen molar-refractivity contribution < 1.29 is 9.59 Å². The number of nitrogens with one attached hydrogen (secondary N) is 3. The SMILES string of the molecule is CC(C)NCc1ccc(C(=O)NNC(=O)C(N)CCc2ccccc2)cc1. The zero-order chi connectivity index (χ0) is 19.6. The third-order valence-corrected chi connectivity index (χ3v) is 4.15. The molecule has 0 saturated heterocycles. The van der Waals surface area contributed by atoms with Gasteiger partial charge in [0, 0.05) is 18.2 Å². The van der Waals surface area contributed by atoms with Crippen molar-refractivity contribution in [1.29, 1.82) is 0 Å². The summed E-state index contributed by atoms with van der Waals surface area (Å²) in [6.07, 6.45) is 1.21. The highest BCUT2D eigenvalue weighted by molar-refractivity contribution is 5.95. The van der Waals surface area contributed by atoms with Gasteiger partial charge in [-0.15, -0.1) is 0 Å². The van der Waals surface area contributed by atoms with Crippen molar-refractivity contribution in [3.8, 4) is 0 Å². The van der Waals surface area contributed by atoms with E-state index in [2.05, 4.69) is 30.0 Å². The molecule has 0 bridgehead atoms. The lowest BCUT2D eigenvalue weighted by Crippen LogP contribution is -2.49. The fourth-order valence-electron chi connectivity index (χ4n) is 2.48. The maximum Gasteiger partial charge on any atom is 0.269 e. The highest BCUT2D eigenvalue weighted by Crippen LogP contribution is 2.05. The molecule has 2 aromatic carbocycles. The van der Waals surface area contributed by atoms with Gasteiger partial charge in [0.25, 0.3) is 11.8 Å². The Kier molecular flexibility index (Phi) is 7.98. The van der Waals surface area contributed by atoms with Crippen molar-refractivity contribution in [2.75, 3.05) is 0 Å². The van der Waals surface area contributed by atoms with Crippen LogP contribution >= 0.6 is 0 Å². The van der Waals surface area contributed by atoms with Crippen LogP contribution in [0.25, 0.3) is 0 Å². The van der Waals surface area contributed by atoms with Gasteiger partial charge in [0.15, 0.2) is 0 Å². The number of rotatable bonds is 8. The van der Waals surface area contributed by atoms with E-state index in [4.69, 9.17) is 5.73 Å². The van der Waals surface area contributed by atoms with E-state index >= 15 is 0 Å². The first kappa shape index (κ1) is 20.6. The lowest BCUT2D eigenvalue weighted by Gasteiger charge is -2.13. The van der Waals surface area contributed by atoms with Crippen molar-refractivity contribution in [2.45, 2.75) is 45.3 Å². The molecule has 0 heterocycles. The van der Waals surface area contributed by atoms with Crippen molar-refractivity contribution in [3.05, 3.63) is 71.3 Å². The topological polar surface area (TPSA) is 96.2 Å². The standard InChI is InChI=1S/C21H28N4O2/c1-15(2)23-14-17-8-11-18(12-9-17)20(26)24-25-21(27)19(22)13-10-16-6-4-3-5-7-16/h3-9,11-12,15,19,23H,10,13-14,22H2,1-2H3,(H,24,26)(H,25,27). The maximum absolute atomic E-state index is 12.1. The Morgan fingerprint density at radius 1 is 0.926 bits per heavy atom. The van der Waals surface area contributed by atoms with E-state index in [0.29, 0.717) is 24.4 Å². The van der Waals surface area contributed by atoms with Crippen molar-refractivity contribution >= 4 is 11.8 Å². The molecule has 2 amide bonds. The van der Waals surface area contributed by atoms with E-state index in [9.17, 15) is 9.59 Å². The third kappa shape index (κ3) is 7.21. The van der Waals surface area contributed by atoms with Gasteiger partial charge in [-0.2, -0.15) is 0 Å². The Morgan fingerprint density at radius 3 is 2.22 bits per heavy atom. The molecule has 0 aliphatic heterocycles. The van der Waals surface area contributed by atoms with Gasteiger partial charge in [0.1, 0.15) is 0 Å². The molecule has 1 unspecified atom stereocenters. The Morgan fingerprint density at radius 2 is 1.59 bits per heavy atom. The Bertz CT molecular complexity index is 730. The summed E-state index contributed by atoms with van der Waals surface area (Å²) in [5, 5.41) is 3.32. The molecule has 5 N–H and O–H groups in total. The predicted molar refractivity (Wildman–Crippen MR) is 107 cm³/mol. The maximum atomic E-state index is 12.1. The number of nitrogens with two attached hydrogens (primary N) is 1. The van der Waals surface area contributed by atoms with E-state index in [1.165, 1.54) is 0 Å². The Balaban J connectivity index is 1.75. The molecule has 0 fully saturated rings. The van der Waals surface area contributed by atoms with Crippen molar-refractivity contribution in [2.24, 2.45) is 5.73 Å². The van der Waals surface area contributed by atoms with Crippen LogP contribution in [0.2, 0.25) is 0 Å². The number of benzene rings is 2. The minimum Gasteiger partial charge on any atom is -0.320 e. The lowest BCUT2D eigenvalue weighted by atomic mass is 10.1. The van der Waals surface area contributed by atoms with Gasteiger partial charge in [-0.3, -0.25) is 20.4 Å². The smallest absolute Gasteiger partial charge is 0.269 e. The normalized spacial score (nSPS) is 11.9. The lowest BCUT2D eigenvalue weighted by molar-refractivity contribution is -0.123. The number of hydrogen-bond acceptors (Lipinski definition) is 4. The van der Waals surface area contributed by atoms with Gasteiger partial charge in [-0.05, 0) is 36.1 Å². The van der Waals surface area contributed by atoms with Crippen LogP contribution in [0.4, 0.5) is 0 Å². The second-order valence-electron chi connectivity index (χ2n) is 6.81. The Labute approximate surface area is 160 Å². The zero-order valence-corrected chi connectivity index (χ0v) is 15.9. The molecule has 144 valence electrons. The van der Waals surface area contributed by atoms with Crippen LogP contribution in [-0.2, 0) is 17.8 Å². The second kappa shape index (κ2) is 10.4.